The highest BCUT2D eigenvalue weighted by Crippen LogP contribution is 2.54. The Morgan fingerprint density at radius 1 is 1.03 bits per heavy atom. The van der Waals surface area contributed by atoms with Gasteiger partial charge >= 0.3 is 0 Å². The Morgan fingerprint density at radius 3 is 2.39 bits per heavy atom. The van der Waals surface area contributed by atoms with Crippen molar-refractivity contribution in [2.45, 2.75) is 32.1 Å². The Balaban J connectivity index is 1.56. The summed E-state index contributed by atoms with van der Waals surface area (Å²) < 4.78 is 5.63. The van der Waals surface area contributed by atoms with Gasteiger partial charge in [-0.25, -0.2) is 0 Å². The Hall–Kier alpha value is -2.86. The van der Waals surface area contributed by atoms with E-state index in [1.54, 1.807) is 7.11 Å². The fourth-order valence-electron chi connectivity index (χ4n) is 4.98. The van der Waals surface area contributed by atoms with E-state index in [9.17, 15) is 9.59 Å². The minimum absolute atomic E-state index is 0.144. The number of carbonyl (C=O) groups excluding carboxylic acids is 2. The Kier molecular flexibility index (Phi) is 6.01. The van der Waals surface area contributed by atoms with Gasteiger partial charge in [0.05, 0.1) is 7.11 Å². The van der Waals surface area contributed by atoms with Crippen molar-refractivity contribution in [3.8, 4) is 16.9 Å². The van der Waals surface area contributed by atoms with E-state index in [1.165, 1.54) is 18.4 Å². The third-order valence-electron chi connectivity index (χ3n) is 6.95. The van der Waals surface area contributed by atoms with Crippen molar-refractivity contribution in [2.75, 3.05) is 20.2 Å². The first kappa shape index (κ1) is 21.4. The summed E-state index contributed by atoms with van der Waals surface area (Å²) in [4.78, 5) is 23.6. The van der Waals surface area contributed by atoms with E-state index < -0.39 is 17.2 Å². The normalized spacial score (nSPS) is 20.2. The van der Waals surface area contributed by atoms with Crippen molar-refractivity contribution in [2.24, 2.45) is 28.7 Å². The van der Waals surface area contributed by atoms with Gasteiger partial charge in [0.2, 0.25) is 11.8 Å². The van der Waals surface area contributed by atoms with Crippen molar-refractivity contribution >= 4 is 11.8 Å². The van der Waals surface area contributed by atoms with Crippen LogP contribution in [0.3, 0.4) is 0 Å². The molecule has 31 heavy (non-hydrogen) atoms. The Labute approximate surface area is 183 Å². The second-order valence-electron chi connectivity index (χ2n) is 8.94. The van der Waals surface area contributed by atoms with Crippen LogP contribution in [-0.2, 0) is 22.4 Å². The first-order valence-corrected chi connectivity index (χ1v) is 11.0. The fraction of sp³-hybridized carbons (Fsp3) is 0.440. The smallest absolute Gasteiger partial charge is 0.233 e. The summed E-state index contributed by atoms with van der Waals surface area (Å²) in [5.41, 5.74) is 14.2. The van der Waals surface area contributed by atoms with Gasteiger partial charge in [-0.1, -0.05) is 30.3 Å². The molecular weight excluding hydrogens is 390 g/mol. The number of methoxy groups -OCH3 is 1. The first-order valence-electron chi connectivity index (χ1n) is 11.0. The van der Waals surface area contributed by atoms with Crippen molar-refractivity contribution in [1.29, 1.82) is 0 Å². The SMILES string of the molecule is COc1ccc(CC2CC2(C(N)=O)C(N)=O)cc1-c1cccc(CC2CCNCC2)c1. The number of benzene rings is 2. The second kappa shape index (κ2) is 8.71. The van der Waals surface area contributed by atoms with E-state index in [0.29, 0.717) is 12.8 Å². The average Bonchev–Trinajstić information content (AvgIpc) is 3.50. The number of amides is 2. The molecule has 0 spiro atoms. The maximum Gasteiger partial charge on any atom is 0.233 e. The van der Waals surface area contributed by atoms with E-state index in [4.69, 9.17) is 16.2 Å². The second-order valence-corrected chi connectivity index (χ2v) is 8.94. The molecule has 2 fully saturated rings. The first-order chi connectivity index (χ1) is 14.9. The van der Waals surface area contributed by atoms with Crippen LogP contribution >= 0.6 is 0 Å². The van der Waals surface area contributed by atoms with Crippen LogP contribution < -0.4 is 21.5 Å². The summed E-state index contributed by atoms with van der Waals surface area (Å²) in [5.74, 6) is 0.133. The number of nitrogens with two attached hydrogens (primary N) is 2. The molecule has 0 aromatic heterocycles. The number of hydrogen-bond donors (Lipinski definition) is 3. The highest BCUT2D eigenvalue weighted by molar-refractivity contribution is 6.07. The van der Waals surface area contributed by atoms with Crippen molar-refractivity contribution in [3.63, 3.8) is 0 Å². The molecule has 6 nitrogen and oxygen atoms in total. The van der Waals surface area contributed by atoms with Gasteiger partial charge < -0.3 is 21.5 Å². The number of ether oxygens (including phenoxy) is 1. The van der Waals surface area contributed by atoms with Crippen LogP contribution in [-0.4, -0.2) is 32.0 Å². The highest BCUT2D eigenvalue weighted by atomic mass is 16.5. The molecule has 4 rings (SSSR count). The summed E-state index contributed by atoms with van der Waals surface area (Å²) in [7, 11) is 1.67. The molecule has 0 bridgehead atoms. The van der Waals surface area contributed by atoms with Crippen molar-refractivity contribution in [3.05, 3.63) is 53.6 Å². The molecule has 164 valence electrons. The van der Waals surface area contributed by atoms with Gasteiger partial charge in [0.25, 0.3) is 0 Å². The lowest BCUT2D eigenvalue weighted by Gasteiger charge is -2.22. The maximum atomic E-state index is 11.8. The number of hydrogen-bond acceptors (Lipinski definition) is 4. The van der Waals surface area contributed by atoms with Crippen LogP contribution in [0.5, 0.6) is 5.75 Å². The topological polar surface area (TPSA) is 107 Å². The zero-order chi connectivity index (χ0) is 22.0. The molecule has 1 heterocycles. The molecule has 1 saturated carbocycles. The largest absolute Gasteiger partial charge is 0.496 e. The lowest BCUT2D eigenvalue weighted by atomic mass is 9.89. The summed E-state index contributed by atoms with van der Waals surface area (Å²) in [6.45, 7) is 2.19. The number of carbonyl (C=O) groups is 2. The molecule has 1 aliphatic carbocycles. The van der Waals surface area contributed by atoms with Crippen LogP contribution in [0.2, 0.25) is 0 Å². The third-order valence-corrected chi connectivity index (χ3v) is 6.95. The van der Waals surface area contributed by atoms with Gasteiger partial charge in [-0.3, -0.25) is 9.59 Å². The minimum atomic E-state index is -1.20. The number of rotatable bonds is 8. The third kappa shape index (κ3) is 4.30. The van der Waals surface area contributed by atoms with Crippen molar-refractivity contribution in [1.82, 2.24) is 5.32 Å². The molecular formula is C25H31N3O3. The van der Waals surface area contributed by atoms with Crippen LogP contribution in [0.15, 0.2) is 42.5 Å². The zero-order valence-electron chi connectivity index (χ0n) is 18.0. The number of primary amides is 2. The molecule has 5 N–H and O–H groups in total. The summed E-state index contributed by atoms with van der Waals surface area (Å²) in [6, 6.07) is 14.7. The van der Waals surface area contributed by atoms with Gasteiger partial charge in [0, 0.05) is 5.56 Å². The quantitative estimate of drug-likeness (QED) is 0.569. The number of piperidine rings is 1. The van der Waals surface area contributed by atoms with Gasteiger partial charge in [0.15, 0.2) is 0 Å². The molecule has 1 atom stereocenters. The van der Waals surface area contributed by atoms with Crippen LogP contribution in [0, 0.1) is 17.3 Å². The van der Waals surface area contributed by atoms with Crippen LogP contribution in [0.1, 0.15) is 30.4 Å². The fourth-order valence-corrected chi connectivity index (χ4v) is 4.98. The van der Waals surface area contributed by atoms with Gasteiger partial charge in [-0.05, 0) is 85.9 Å². The Bertz CT molecular complexity index is 968. The standard InChI is InChI=1S/C25H31N3O3/c1-31-22-6-5-18(13-20-15-25(20,23(26)29)24(27)30)14-21(22)19-4-2-3-17(12-19)11-16-7-9-28-10-8-16/h2-6,12,14,16,20,28H,7-11,13,15H2,1H3,(H2,26,29)(H2,27,30). The molecule has 2 aromatic rings. The van der Waals surface area contributed by atoms with Crippen LogP contribution in [0.4, 0.5) is 0 Å². The molecule has 2 amide bonds. The van der Waals surface area contributed by atoms with E-state index in [-0.39, 0.29) is 5.92 Å². The van der Waals surface area contributed by atoms with E-state index in [1.807, 2.05) is 12.1 Å². The highest BCUT2D eigenvalue weighted by Gasteiger charge is 2.63. The summed E-state index contributed by atoms with van der Waals surface area (Å²) in [6.07, 6.45) is 4.51. The van der Waals surface area contributed by atoms with E-state index in [0.717, 1.165) is 47.9 Å². The molecule has 6 heteroatoms. The Morgan fingerprint density at radius 2 is 1.74 bits per heavy atom. The molecule has 1 aliphatic heterocycles. The lowest BCUT2D eigenvalue weighted by Crippen LogP contribution is -2.38. The maximum absolute atomic E-state index is 11.8. The predicted molar refractivity (Wildman–Crippen MR) is 120 cm³/mol. The zero-order valence-corrected chi connectivity index (χ0v) is 18.0. The minimum Gasteiger partial charge on any atom is -0.496 e. The molecule has 2 aliphatic rings. The van der Waals surface area contributed by atoms with Crippen LogP contribution in [0.25, 0.3) is 11.1 Å². The van der Waals surface area contributed by atoms with E-state index >= 15 is 0 Å². The van der Waals surface area contributed by atoms with Gasteiger partial charge in [-0.2, -0.15) is 0 Å². The molecule has 1 saturated heterocycles. The van der Waals surface area contributed by atoms with E-state index in [2.05, 4.69) is 35.6 Å². The monoisotopic (exact) mass is 421 g/mol. The predicted octanol–water partition coefficient (Wildman–Crippen LogP) is 2.42. The molecule has 2 aromatic carbocycles. The van der Waals surface area contributed by atoms with Crippen molar-refractivity contribution < 1.29 is 14.3 Å². The number of nitrogens with one attached hydrogen (secondary N) is 1. The summed E-state index contributed by atoms with van der Waals surface area (Å²) in [5, 5.41) is 3.42. The summed E-state index contributed by atoms with van der Waals surface area (Å²) >= 11 is 0. The average molecular weight is 422 g/mol. The molecule has 0 radical (unpaired) electrons. The van der Waals surface area contributed by atoms with Gasteiger partial charge in [-0.15, -0.1) is 0 Å². The molecule has 1 unspecified atom stereocenters. The lowest BCUT2D eigenvalue weighted by molar-refractivity contribution is -0.134. The van der Waals surface area contributed by atoms with Gasteiger partial charge in [0.1, 0.15) is 11.2 Å².